The van der Waals surface area contributed by atoms with Gasteiger partial charge in [-0.3, -0.25) is 0 Å². The third kappa shape index (κ3) is 8.39. The van der Waals surface area contributed by atoms with E-state index in [2.05, 4.69) is 113 Å². The quantitative estimate of drug-likeness (QED) is 0.119. The van der Waals surface area contributed by atoms with Crippen LogP contribution >= 0.6 is 0 Å². The molecule has 7 nitrogen and oxygen atoms in total. The Bertz CT molecular complexity index is 3430. The molecule has 3 aliphatic rings. The molecular weight excluding hydrogens is 844 g/mol. The highest BCUT2D eigenvalue weighted by atomic mass is 19.1. The van der Waals surface area contributed by atoms with Gasteiger partial charge in [0.2, 0.25) is 0 Å². The summed E-state index contributed by atoms with van der Waals surface area (Å²) in [4.78, 5) is 32.0. The molecule has 5 heterocycles. The van der Waals surface area contributed by atoms with Gasteiger partial charge in [0, 0.05) is 44.3 Å². The molecule has 5 aromatic carbocycles. The SMILES string of the molecule is [2H]C(OC(=O)c1ccc(F)cc1)[C@]1(O)CCCC[C@@H]1CCC1=Cc2nc1c(-c1ccccc1)c1ccc([nH]1)c(-c1ccccc1)c1nc(c(-c3ccccc3)c3ccc([nH]3)c2-c2ccccc2)C=C1. The molecule has 1 aliphatic carbocycles. The number of allylic oxidation sites excluding steroid dienone is 1. The third-order valence-electron chi connectivity index (χ3n) is 13.5. The largest absolute Gasteiger partial charge is 0.459 e. The van der Waals surface area contributed by atoms with E-state index in [0.717, 1.165) is 101 Å². The topological polar surface area (TPSA) is 104 Å². The molecule has 2 aliphatic heterocycles. The van der Waals surface area contributed by atoms with Crippen molar-refractivity contribution in [1.82, 2.24) is 19.9 Å². The summed E-state index contributed by atoms with van der Waals surface area (Å²) in [6, 6.07) is 54.9. The molecule has 1 unspecified atom stereocenters. The van der Waals surface area contributed by atoms with Crippen LogP contribution in [0.15, 0.2) is 170 Å². The molecule has 8 aromatic rings. The van der Waals surface area contributed by atoms with Crippen LogP contribution < -0.4 is 0 Å². The van der Waals surface area contributed by atoms with Crippen LogP contribution in [0.5, 0.6) is 0 Å². The van der Waals surface area contributed by atoms with Gasteiger partial charge in [-0.2, -0.15) is 0 Å². The van der Waals surface area contributed by atoms with Gasteiger partial charge in [0.25, 0.3) is 0 Å². The Morgan fingerprint density at radius 3 is 1.60 bits per heavy atom. The number of carbonyl (C=O) groups excluding carboxylic acids is 1. The van der Waals surface area contributed by atoms with Gasteiger partial charge in [-0.25, -0.2) is 19.2 Å². The number of halogens is 1. The first kappa shape index (κ1) is 41.5. The highest BCUT2D eigenvalue weighted by Gasteiger charge is 2.40. The average molecular weight is 894 g/mol. The number of ether oxygens (including phenoxy) is 1. The normalized spacial score (nSPS) is 17.3. The van der Waals surface area contributed by atoms with Gasteiger partial charge >= 0.3 is 5.97 Å². The van der Waals surface area contributed by atoms with Crippen molar-refractivity contribution in [1.29, 1.82) is 0 Å². The molecule has 0 radical (unpaired) electrons. The minimum absolute atomic E-state index is 0.126. The Hall–Kier alpha value is -7.94. The van der Waals surface area contributed by atoms with E-state index >= 15 is 0 Å². The van der Waals surface area contributed by atoms with Gasteiger partial charge < -0.3 is 19.8 Å². The standard InChI is InChI=1S/C60H49FN4O3/c61-46-28-25-43(26-29-46)59(66)68-38-60(67)36-14-13-23-45(60)27-24-44-37-53-56(41-19-9-3-10-20-41)51-33-32-49(63-51)54(39-15-5-1-6-16-39)47-30-31-48(62-47)55(40-17-7-2-8-18-40)50-34-35-52(64-50)57(58(44)65-53)42-21-11-4-12-22-42/h1-12,15-22,25-26,28-35,37,45,63-64,67H,13-14,23-24,27,36,38H2/t45-,60-/m1/s1/i38D/t38?,45-,60-. The number of fused-ring (bicyclic) bond motifs is 8. The van der Waals surface area contributed by atoms with Crippen molar-refractivity contribution in [2.75, 3.05) is 6.58 Å². The molecule has 3 N–H and O–H groups in total. The first-order valence-electron chi connectivity index (χ1n) is 23.9. The van der Waals surface area contributed by atoms with Gasteiger partial charge in [0.05, 0.1) is 29.7 Å². The van der Waals surface area contributed by atoms with Crippen molar-refractivity contribution in [2.24, 2.45) is 5.92 Å². The fourth-order valence-electron chi connectivity index (χ4n) is 10.1. The van der Waals surface area contributed by atoms with Crippen LogP contribution in [0.4, 0.5) is 4.39 Å². The number of hydrogen-bond acceptors (Lipinski definition) is 5. The molecule has 334 valence electrons. The summed E-state index contributed by atoms with van der Waals surface area (Å²) in [7, 11) is 0. The van der Waals surface area contributed by atoms with Crippen molar-refractivity contribution in [2.45, 2.75) is 44.1 Å². The molecule has 8 heteroatoms. The van der Waals surface area contributed by atoms with Crippen LogP contribution in [0.2, 0.25) is 0 Å². The molecule has 1 saturated carbocycles. The van der Waals surface area contributed by atoms with Gasteiger partial charge in [-0.05, 0) is 126 Å². The van der Waals surface area contributed by atoms with Crippen LogP contribution in [-0.2, 0) is 4.74 Å². The Kier molecular flexibility index (Phi) is 11.2. The maximum Gasteiger partial charge on any atom is 0.338 e. The van der Waals surface area contributed by atoms with Gasteiger partial charge in [0.15, 0.2) is 0 Å². The summed E-state index contributed by atoms with van der Waals surface area (Å²) in [5, 5.41) is 12.4. The first-order chi connectivity index (χ1) is 33.8. The number of benzene rings is 5. The lowest BCUT2D eigenvalue weighted by molar-refractivity contribution is -0.0928. The third-order valence-corrected chi connectivity index (χ3v) is 13.5. The molecule has 68 heavy (non-hydrogen) atoms. The Balaban J connectivity index is 1.14. The summed E-state index contributed by atoms with van der Waals surface area (Å²) < 4.78 is 28.5. The van der Waals surface area contributed by atoms with E-state index in [-0.39, 0.29) is 11.5 Å². The Labute approximate surface area is 395 Å². The molecule has 0 spiro atoms. The summed E-state index contributed by atoms with van der Waals surface area (Å²) in [6.45, 7) is -1.54. The number of aromatic amines is 2. The summed E-state index contributed by atoms with van der Waals surface area (Å²) in [5.74, 6) is -1.61. The second kappa shape index (κ2) is 18.4. The number of H-pyrrole nitrogens is 2. The van der Waals surface area contributed by atoms with E-state index in [9.17, 15) is 14.3 Å². The van der Waals surface area contributed by atoms with E-state index < -0.39 is 24.0 Å². The number of aromatic nitrogens is 4. The minimum Gasteiger partial charge on any atom is -0.459 e. The van der Waals surface area contributed by atoms with Crippen LogP contribution in [0.3, 0.4) is 0 Å². The van der Waals surface area contributed by atoms with E-state index in [1.165, 1.54) is 24.3 Å². The summed E-state index contributed by atoms with van der Waals surface area (Å²) in [6.07, 6.45) is 9.97. The predicted molar refractivity (Wildman–Crippen MR) is 272 cm³/mol. The number of nitrogens with zero attached hydrogens (tertiary/aromatic N) is 2. The molecule has 3 atom stereocenters. The molecule has 11 rings (SSSR count). The summed E-state index contributed by atoms with van der Waals surface area (Å²) >= 11 is 0. The molecule has 8 bridgehead atoms. The van der Waals surface area contributed by atoms with Crippen LogP contribution in [0.25, 0.3) is 90.4 Å². The van der Waals surface area contributed by atoms with Crippen LogP contribution in [0, 0.1) is 11.7 Å². The van der Waals surface area contributed by atoms with Gasteiger partial charge in [0.1, 0.15) is 18.0 Å². The fourth-order valence-corrected chi connectivity index (χ4v) is 10.1. The lowest BCUT2D eigenvalue weighted by atomic mass is 9.73. The maximum absolute atomic E-state index is 13.7. The van der Waals surface area contributed by atoms with Crippen molar-refractivity contribution in [3.63, 3.8) is 0 Å². The highest BCUT2D eigenvalue weighted by Crippen LogP contribution is 2.44. The molecule has 0 saturated heterocycles. The second-order valence-corrected chi connectivity index (χ2v) is 17.8. The zero-order valence-electron chi connectivity index (χ0n) is 38.3. The Morgan fingerprint density at radius 1 is 0.618 bits per heavy atom. The zero-order chi connectivity index (χ0) is 46.9. The fraction of sp³-hybridized carbons (Fsp3) is 0.150. The number of carbonyl (C=O) groups is 1. The minimum atomic E-state index is -1.60. The van der Waals surface area contributed by atoms with Gasteiger partial charge in [-0.15, -0.1) is 0 Å². The smallest absolute Gasteiger partial charge is 0.338 e. The number of hydrogen-bond donors (Lipinski definition) is 3. The molecule has 0 amide bonds. The zero-order valence-corrected chi connectivity index (χ0v) is 37.3. The highest BCUT2D eigenvalue weighted by molar-refractivity contribution is 6.02. The van der Waals surface area contributed by atoms with Crippen molar-refractivity contribution < 1.29 is 20.4 Å². The monoisotopic (exact) mass is 893 g/mol. The van der Waals surface area contributed by atoms with E-state index in [4.69, 9.17) is 16.1 Å². The summed E-state index contributed by atoms with van der Waals surface area (Å²) in [5.41, 5.74) is 14.1. The maximum atomic E-state index is 13.7. The first-order valence-corrected chi connectivity index (χ1v) is 23.3. The van der Waals surface area contributed by atoms with Crippen molar-refractivity contribution in [3.8, 4) is 44.5 Å². The van der Waals surface area contributed by atoms with Crippen molar-refractivity contribution in [3.05, 3.63) is 204 Å². The molecular formula is C60H49FN4O3. The average Bonchev–Trinajstić information content (AvgIpc) is 4.23. The van der Waals surface area contributed by atoms with Gasteiger partial charge in [-0.1, -0.05) is 134 Å². The number of nitrogens with one attached hydrogen (secondary N) is 2. The van der Waals surface area contributed by atoms with E-state index in [1.54, 1.807) is 0 Å². The number of aliphatic hydroxyl groups is 1. The van der Waals surface area contributed by atoms with Crippen LogP contribution in [0.1, 0.15) is 73.0 Å². The number of esters is 1. The van der Waals surface area contributed by atoms with Crippen molar-refractivity contribution >= 4 is 51.8 Å². The number of rotatable bonds is 10. The molecule has 3 aromatic heterocycles. The predicted octanol–water partition coefficient (Wildman–Crippen LogP) is 14.4. The lowest BCUT2D eigenvalue weighted by Gasteiger charge is -2.39. The molecule has 1 fully saturated rings. The second-order valence-electron chi connectivity index (χ2n) is 17.8. The van der Waals surface area contributed by atoms with Crippen LogP contribution in [-0.4, -0.2) is 43.2 Å². The Morgan fingerprint density at radius 2 is 1.09 bits per heavy atom. The van der Waals surface area contributed by atoms with E-state index in [1.807, 2.05) is 60.7 Å². The lowest BCUT2D eigenvalue weighted by Crippen LogP contribution is -2.45. The van der Waals surface area contributed by atoms with E-state index in [0.29, 0.717) is 32.1 Å².